The number of hydrogen-bond donors (Lipinski definition) is 1. The second-order valence-corrected chi connectivity index (χ2v) is 4.93. The van der Waals surface area contributed by atoms with Crippen molar-refractivity contribution in [3.8, 4) is 0 Å². The zero-order valence-corrected chi connectivity index (χ0v) is 11.8. The van der Waals surface area contributed by atoms with Gasteiger partial charge in [-0.2, -0.15) is 0 Å². The van der Waals surface area contributed by atoms with Crippen LogP contribution < -0.4 is 0 Å². The Kier molecular flexibility index (Phi) is 5.99. The molecule has 1 rings (SSSR count). The van der Waals surface area contributed by atoms with Gasteiger partial charge < -0.3 is 14.6 Å². The van der Waals surface area contributed by atoms with Crippen LogP contribution in [0, 0.1) is 5.92 Å². The van der Waals surface area contributed by atoms with Crippen molar-refractivity contribution in [2.75, 3.05) is 13.2 Å². The van der Waals surface area contributed by atoms with E-state index in [-0.39, 0.29) is 25.1 Å². The highest BCUT2D eigenvalue weighted by Crippen LogP contribution is 2.24. The Labute approximate surface area is 114 Å². The van der Waals surface area contributed by atoms with Crippen molar-refractivity contribution >= 4 is 5.97 Å². The van der Waals surface area contributed by atoms with Gasteiger partial charge in [0.25, 0.3) is 0 Å². The standard InChI is InChI=1S/C15H22O4/c1-12(2)15(10-16,11-18-13(3)17)19-9-14-7-5-4-6-8-14/h4-8,12,16H,9-11H2,1-3H3/t15-/m1/s1. The summed E-state index contributed by atoms with van der Waals surface area (Å²) in [6.45, 7) is 5.46. The van der Waals surface area contributed by atoms with E-state index in [1.54, 1.807) is 0 Å². The molecule has 0 amide bonds. The lowest BCUT2D eigenvalue weighted by Gasteiger charge is -2.35. The third-order valence-electron chi connectivity index (χ3n) is 3.21. The first-order chi connectivity index (χ1) is 9.00. The van der Waals surface area contributed by atoms with Crippen molar-refractivity contribution in [3.05, 3.63) is 35.9 Å². The monoisotopic (exact) mass is 266 g/mol. The molecule has 19 heavy (non-hydrogen) atoms. The molecular weight excluding hydrogens is 244 g/mol. The summed E-state index contributed by atoms with van der Waals surface area (Å²) in [5.74, 6) is -0.345. The predicted octanol–water partition coefficient (Wildman–Crippen LogP) is 2.15. The summed E-state index contributed by atoms with van der Waals surface area (Å²) in [4.78, 5) is 10.9. The normalized spacial score (nSPS) is 14.2. The van der Waals surface area contributed by atoms with E-state index in [1.807, 2.05) is 44.2 Å². The summed E-state index contributed by atoms with van der Waals surface area (Å²) in [6.07, 6.45) is 0. The van der Waals surface area contributed by atoms with E-state index < -0.39 is 5.60 Å². The minimum absolute atomic E-state index is 0.0283. The van der Waals surface area contributed by atoms with Gasteiger partial charge in [0.1, 0.15) is 12.2 Å². The highest BCUT2D eigenvalue weighted by molar-refractivity contribution is 5.65. The Morgan fingerprint density at radius 3 is 2.42 bits per heavy atom. The van der Waals surface area contributed by atoms with E-state index in [0.717, 1.165) is 5.56 Å². The average molecular weight is 266 g/mol. The van der Waals surface area contributed by atoms with Crippen molar-refractivity contribution in [1.82, 2.24) is 0 Å². The summed E-state index contributed by atoms with van der Waals surface area (Å²) in [6, 6.07) is 9.70. The lowest BCUT2D eigenvalue weighted by atomic mass is 9.91. The van der Waals surface area contributed by atoms with Crippen molar-refractivity contribution in [1.29, 1.82) is 0 Å². The molecule has 0 spiro atoms. The van der Waals surface area contributed by atoms with Crippen LogP contribution in [0.1, 0.15) is 26.3 Å². The highest BCUT2D eigenvalue weighted by atomic mass is 16.6. The molecule has 1 aromatic rings. The molecular formula is C15H22O4. The van der Waals surface area contributed by atoms with Crippen LogP contribution in [-0.2, 0) is 20.9 Å². The van der Waals surface area contributed by atoms with E-state index >= 15 is 0 Å². The summed E-state index contributed by atoms with van der Waals surface area (Å²) >= 11 is 0. The van der Waals surface area contributed by atoms with Crippen LogP contribution in [0.3, 0.4) is 0 Å². The van der Waals surface area contributed by atoms with Gasteiger partial charge in [-0.05, 0) is 11.5 Å². The third kappa shape index (κ3) is 4.65. The van der Waals surface area contributed by atoms with Gasteiger partial charge in [0, 0.05) is 6.92 Å². The van der Waals surface area contributed by atoms with E-state index in [1.165, 1.54) is 6.92 Å². The maximum absolute atomic E-state index is 10.9. The van der Waals surface area contributed by atoms with Crippen molar-refractivity contribution < 1.29 is 19.4 Å². The fourth-order valence-electron chi connectivity index (χ4n) is 1.67. The second-order valence-electron chi connectivity index (χ2n) is 4.93. The Morgan fingerprint density at radius 1 is 1.32 bits per heavy atom. The Bertz CT molecular complexity index is 388. The molecule has 0 aliphatic rings. The summed E-state index contributed by atoms with van der Waals surface area (Å²) in [5.41, 5.74) is 0.158. The molecule has 106 valence electrons. The molecule has 0 radical (unpaired) electrons. The number of benzene rings is 1. The van der Waals surface area contributed by atoms with E-state index in [4.69, 9.17) is 9.47 Å². The fourth-order valence-corrected chi connectivity index (χ4v) is 1.67. The summed E-state index contributed by atoms with van der Waals surface area (Å²) in [5, 5.41) is 9.62. The van der Waals surface area contributed by atoms with Crippen molar-refractivity contribution in [3.63, 3.8) is 0 Å². The molecule has 0 aliphatic carbocycles. The topological polar surface area (TPSA) is 55.8 Å². The van der Waals surface area contributed by atoms with Gasteiger partial charge in [0.2, 0.25) is 0 Å². The van der Waals surface area contributed by atoms with E-state index in [9.17, 15) is 9.90 Å². The maximum atomic E-state index is 10.9. The van der Waals surface area contributed by atoms with Gasteiger partial charge in [0.15, 0.2) is 0 Å². The van der Waals surface area contributed by atoms with E-state index in [2.05, 4.69) is 0 Å². The molecule has 0 saturated carbocycles. The fraction of sp³-hybridized carbons (Fsp3) is 0.533. The molecule has 0 unspecified atom stereocenters. The van der Waals surface area contributed by atoms with Gasteiger partial charge in [0.05, 0.1) is 13.2 Å². The molecule has 1 aromatic carbocycles. The molecule has 1 atom stereocenters. The number of aliphatic hydroxyl groups excluding tert-OH is 1. The first-order valence-electron chi connectivity index (χ1n) is 6.42. The zero-order chi connectivity index (χ0) is 14.3. The molecule has 0 aromatic heterocycles. The Morgan fingerprint density at radius 2 is 1.95 bits per heavy atom. The molecule has 0 saturated heterocycles. The number of ether oxygens (including phenoxy) is 2. The highest BCUT2D eigenvalue weighted by Gasteiger charge is 2.36. The molecule has 0 aliphatic heterocycles. The SMILES string of the molecule is CC(=O)OC[C@@](CO)(OCc1ccccc1)C(C)C. The zero-order valence-electron chi connectivity index (χ0n) is 11.8. The molecule has 4 nitrogen and oxygen atoms in total. The molecule has 0 heterocycles. The lowest BCUT2D eigenvalue weighted by molar-refractivity contribution is -0.171. The van der Waals surface area contributed by atoms with Gasteiger partial charge >= 0.3 is 5.97 Å². The molecule has 4 heteroatoms. The van der Waals surface area contributed by atoms with Crippen LogP contribution in [0.15, 0.2) is 30.3 Å². The van der Waals surface area contributed by atoms with Crippen LogP contribution >= 0.6 is 0 Å². The largest absolute Gasteiger partial charge is 0.463 e. The summed E-state index contributed by atoms with van der Waals surface area (Å²) < 4.78 is 10.9. The number of carbonyl (C=O) groups is 1. The quantitative estimate of drug-likeness (QED) is 0.768. The number of carbonyl (C=O) groups excluding carboxylic acids is 1. The van der Waals surface area contributed by atoms with Crippen LogP contribution in [0.4, 0.5) is 0 Å². The first kappa shape index (κ1) is 15.7. The average Bonchev–Trinajstić information content (AvgIpc) is 2.40. The predicted molar refractivity (Wildman–Crippen MR) is 72.5 cm³/mol. The third-order valence-corrected chi connectivity index (χ3v) is 3.21. The van der Waals surface area contributed by atoms with Crippen LogP contribution in [0.5, 0.6) is 0 Å². The number of aliphatic hydroxyl groups is 1. The van der Waals surface area contributed by atoms with Gasteiger partial charge in [-0.3, -0.25) is 4.79 Å². The minimum Gasteiger partial charge on any atom is -0.463 e. The van der Waals surface area contributed by atoms with Crippen LogP contribution in [0.25, 0.3) is 0 Å². The van der Waals surface area contributed by atoms with Gasteiger partial charge in [-0.1, -0.05) is 44.2 Å². The lowest BCUT2D eigenvalue weighted by Crippen LogP contribution is -2.47. The molecule has 0 bridgehead atoms. The minimum atomic E-state index is -0.860. The Hall–Kier alpha value is -1.39. The van der Waals surface area contributed by atoms with Crippen molar-refractivity contribution in [2.24, 2.45) is 5.92 Å². The van der Waals surface area contributed by atoms with Crippen LogP contribution in [-0.4, -0.2) is 29.9 Å². The van der Waals surface area contributed by atoms with Gasteiger partial charge in [-0.15, -0.1) is 0 Å². The van der Waals surface area contributed by atoms with Gasteiger partial charge in [-0.25, -0.2) is 0 Å². The van der Waals surface area contributed by atoms with E-state index in [0.29, 0.717) is 6.61 Å². The molecule has 0 fully saturated rings. The second kappa shape index (κ2) is 7.26. The van der Waals surface area contributed by atoms with Crippen LogP contribution in [0.2, 0.25) is 0 Å². The molecule has 1 N–H and O–H groups in total. The number of hydrogen-bond acceptors (Lipinski definition) is 4. The first-order valence-corrected chi connectivity index (χ1v) is 6.42. The maximum Gasteiger partial charge on any atom is 0.302 e. The smallest absolute Gasteiger partial charge is 0.302 e. The number of rotatable bonds is 7. The number of esters is 1. The Balaban J connectivity index is 2.70. The summed E-state index contributed by atoms with van der Waals surface area (Å²) in [7, 11) is 0. The van der Waals surface area contributed by atoms with Crippen molar-refractivity contribution in [2.45, 2.75) is 33.0 Å².